The van der Waals surface area contributed by atoms with Crippen molar-refractivity contribution in [3.8, 4) is 0 Å². The minimum absolute atomic E-state index is 0.0146. The molecule has 0 spiro atoms. The number of benzene rings is 1. The van der Waals surface area contributed by atoms with Gasteiger partial charge in [0, 0.05) is 31.4 Å². The summed E-state index contributed by atoms with van der Waals surface area (Å²) in [7, 11) is 0. The normalized spacial score (nSPS) is 22.2. The third kappa shape index (κ3) is 4.79. The number of hydrogen-bond acceptors (Lipinski definition) is 4. The van der Waals surface area contributed by atoms with Crippen molar-refractivity contribution in [1.29, 1.82) is 0 Å². The van der Waals surface area contributed by atoms with E-state index in [9.17, 15) is 9.59 Å². The van der Waals surface area contributed by atoms with E-state index in [4.69, 9.17) is 0 Å². The van der Waals surface area contributed by atoms with Crippen LogP contribution in [0, 0.1) is 5.92 Å². The molecule has 6 nitrogen and oxygen atoms in total. The van der Waals surface area contributed by atoms with E-state index in [0.29, 0.717) is 6.54 Å². The van der Waals surface area contributed by atoms with Crippen molar-refractivity contribution in [1.82, 2.24) is 15.5 Å². The van der Waals surface area contributed by atoms with Crippen molar-refractivity contribution in [2.24, 2.45) is 5.92 Å². The molecule has 0 radical (unpaired) electrons. The highest BCUT2D eigenvalue weighted by atomic mass is 16.2. The number of carbonyl (C=O) groups excluding carboxylic acids is 2. The largest absolute Gasteiger partial charge is 0.353 e. The van der Waals surface area contributed by atoms with Crippen LogP contribution in [0.5, 0.6) is 0 Å². The van der Waals surface area contributed by atoms with Crippen molar-refractivity contribution in [3.63, 3.8) is 0 Å². The van der Waals surface area contributed by atoms with Gasteiger partial charge in [-0.15, -0.1) is 0 Å². The number of rotatable bonds is 5. The molecule has 0 aliphatic carbocycles. The van der Waals surface area contributed by atoms with Crippen LogP contribution in [-0.2, 0) is 9.59 Å². The number of hydrogen-bond donors (Lipinski definition) is 3. The van der Waals surface area contributed by atoms with Crippen LogP contribution in [0.3, 0.4) is 0 Å². The molecule has 3 rings (SSSR count). The van der Waals surface area contributed by atoms with Gasteiger partial charge in [-0.1, -0.05) is 18.2 Å². The summed E-state index contributed by atoms with van der Waals surface area (Å²) in [6, 6.07) is 9.75. The lowest BCUT2D eigenvalue weighted by Gasteiger charge is -2.32. The molecular weight excluding hydrogens is 304 g/mol. The fraction of sp³-hybridized carbons (Fsp3) is 0.556. The summed E-state index contributed by atoms with van der Waals surface area (Å²) in [4.78, 5) is 26.4. The molecule has 24 heavy (non-hydrogen) atoms. The molecule has 2 saturated heterocycles. The fourth-order valence-corrected chi connectivity index (χ4v) is 3.36. The molecule has 1 atom stereocenters. The Labute approximate surface area is 143 Å². The van der Waals surface area contributed by atoms with Gasteiger partial charge in [0.05, 0.1) is 12.5 Å². The van der Waals surface area contributed by atoms with Gasteiger partial charge in [0.1, 0.15) is 0 Å². The molecule has 1 aromatic carbocycles. The molecular formula is C18H26N4O2. The molecule has 2 heterocycles. The van der Waals surface area contributed by atoms with Gasteiger partial charge >= 0.3 is 0 Å². The second-order valence-corrected chi connectivity index (χ2v) is 6.66. The van der Waals surface area contributed by atoms with E-state index in [1.165, 1.54) is 0 Å². The molecule has 3 N–H and O–H groups in total. The van der Waals surface area contributed by atoms with Crippen LogP contribution in [0.1, 0.15) is 19.3 Å². The van der Waals surface area contributed by atoms with Gasteiger partial charge in [-0.25, -0.2) is 0 Å². The second-order valence-electron chi connectivity index (χ2n) is 6.66. The molecule has 2 aliphatic rings. The Morgan fingerprint density at radius 3 is 2.54 bits per heavy atom. The lowest BCUT2D eigenvalue weighted by molar-refractivity contribution is -0.125. The molecule has 2 amide bonds. The highest BCUT2D eigenvalue weighted by molar-refractivity contribution is 5.92. The Hall–Kier alpha value is -1.92. The standard InChI is InChI=1S/C18H26N4O2/c23-17(20-15-4-2-1-3-5-15)13-22-10-7-16(8-11-22)21-18(24)14-6-9-19-12-14/h1-5,14,16,19H,6-13H2,(H,20,23)(H,21,24). The number of nitrogens with one attached hydrogen (secondary N) is 3. The van der Waals surface area contributed by atoms with Crippen LogP contribution >= 0.6 is 0 Å². The second kappa shape index (κ2) is 8.26. The van der Waals surface area contributed by atoms with E-state index in [1.54, 1.807) is 0 Å². The first-order chi connectivity index (χ1) is 11.7. The quantitative estimate of drug-likeness (QED) is 0.747. The molecule has 2 fully saturated rings. The van der Waals surface area contributed by atoms with Crippen LogP contribution in [0.25, 0.3) is 0 Å². The summed E-state index contributed by atoms with van der Waals surface area (Å²) >= 11 is 0. The van der Waals surface area contributed by atoms with Crippen molar-refractivity contribution in [3.05, 3.63) is 30.3 Å². The molecule has 0 bridgehead atoms. The molecule has 130 valence electrons. The average Bonchev–Trinajstić information content (AvgIpc) is 3.12. The third-order valence-electron chi connectivity index (χ3n) is 4.79. The Bertz CT molecular complexity index is 549. The summed E-state index contributed by atoms with van der Waals surface area (Å²) in [5, 5.41) is 9.31. The van der Waals surface area contributed by atoms with E-state index < -0.39 is 0 Å². The molecule has 0 aromatic heterocycles. The summed E-state index contributed by atoms with van der Waals surface area (Å²) < 4.78 is 0. The lowest BCUT2D eigenvalue weighted by atomic mass is 10.0. The number of carbonyl (C=O) groups is 2. The van der Waals surface area contributed by atoms with Gasteiger partial charge in [0.15, 0.2) is 0 Å². The number of para-hydroxylation sites is 1. The number of piperidine rings is 1. The highest BCUT2D eigenvalue weighted by Crippen LogP contribution is 2.13. The lowest BCUT2D eigenvalue weighted by Crippen LogP contribution is -2.48. The van der Waals surface area contributed by atoms with E-state index in [-0.39, 0.29) is 23.8 Å². The van der Waals surface area contributed by atoms with E-state index in [0.717, 1.165) is 51.1 Å². The van der Waals surface area contributed by atoms with Crippen molar-refractivity contribution >= 4 is 17.5 Å². The predicted molar refractivity (Wildman–Crippen MR) is 93.7 cm³/mol. The monoisotopic (exact) mass is 330 g/mol. The number of nitrogens with zero attached hydrogens (tertiary/aromatic N) is 1. The van der Waals surface area contributed by atoms with Gasteiger partial charge in [0.2, 0.25) is 11.8 Å². The van der Waals surface area contributed by atoms with Gasteiger partial charge in [-0.3, -0.25) is 14.5 Å². The van der Waals surface area contributed by atoms with Crippen LogP contribution in [0.4, 0.5) is 5.69 Å². The van der Waals surface area contributed by atoms with Gasteiger partial charge in [-0.05, 0) is 37.9 Å². The summed E-state index contributed by atoms with van der Waals surface area (Å²) in [6.45, 7) is 3.83. The van der Waals surface area contributed by atoms with Gasteiger partial charge < -0.3 is 16.0 Å². The summed E-state index contributed by atoms with van der Waals surface area (Å²) in [6.07, 6.45) is 2.75. The van der Waals surface area contributed by atoms with E-state index in [1.807, 2.05) is 30.3 Å². The minimum atomic E-state index is 0.0146. The third-order valence-corrected chi connectivity index (χ3v) is 4.79. The summed E-state index contributed by atoms with van der Waals surface area (Å²) in [5.41, 5.74) is 0.829. The topological polar surface area (TPSA) is 73.5 Å². The molecule has 0 saturated carbocycles. The minimum Gasteiger partial charge on any atom is -0.353 e. The molecule has 2 aliphatic heterocycles. The fourth-order valence-electron chi connectivity index (χ4n) is 3.36. The Balaban J connectivity index is 1.37. The average molecular weight is 330 g/mol. The molecule has 6 heteroatoms. The first kappa shape index (κ1) is 16.9. The van der Waals surface area contributed by atoms with Crippen LogP contribution in [0.15, 0.2) is 30.3 Å². The van der Waals surface area contributed by atoms with Crippen LogP contribution in [0.2, 0.25) is 0 Å². The van der Waals surface area contributed by atoms with Crippen molar-refractivity contribution in [2.75, 3.05) is 38.0 Å². The maximum atomic E-state index is 12.1. The summed E-state index contributed by atoms with van der Waals surface area (Å²) in [5.74, 6) is 0.320. The SMILES string of the molecule is O=C(CN1CCC(NC(=O)C2CCNC2)CC1)Nc1ccccc1. The highest BCUT2D eigenvalue weighted by Gasteiger charge is 2.27. The molecule has 1 unspecified atom stereocenters. The smallest absolute Gasteiger partial charge is 0.238 e. The number of amides is 2. The van der Waals surface area contributed by atoms with E-state index >= 15 is 0 Å². The predicted octanol–water partition coefficient (Wildman–Crippen LogP) is 0.815. The number of likely N-dealkylation sites (tertiary alicyclic amines) is 1. The first-order valence-electron chi connectivity index (χ1n) is 8.79. The van der Waals surface area contributed by atoms with E-state index in [2.05, 4.69) is 20.9 Å². The zero-order chi connectivity index (χ0) is 16.8. The van der Waals surface area contributed by atoms with Crippen molar-refractivity contribution < 1.29 is 9.59 Å². The Morgan fingerprint density at radius 2 is 1.88 bits per heavy atom. The van der Waals surface area contributed by atoms with Crippen molar-refractivity contribution in [2.45, 2.75) is 25.3 Å². The zero-order valence-electron chi connectivity index (χ0n) is 14.0. The zero-order valence-corrected chi connectivity index (χ0v) is 14.0. The Kier molecular flexibility index (Phi) is 5.82. The Morgan fingerprint density at radius 1 is 1.12 bits per heavy atom. The maximum absolute atomic E-state index is 12.1. The van der Waals surface area contributed by atoms with Gasteiger partial charge in [0.25, 0.3) is 0 Å². The maximum Gasteiger partial charge on any atom is 0.238 e. The first-order valence-corrected chi connectivity index (χ1v) is 8.79. The van der Waals surface area contributed by atoms with Gasteiger partial charge in [-0.2, -0.15) is 0 Å². The number of anilines is 1. The molecule has 1 aromatic rings. The van der Waals surface area contributed by atoms with Crippen LogP contribution in [-0.4, -0.2) is 55.5 Å². The van der Waals surface area contributed by atoms with Crippen LogP contribution < -0.4 is 16.0 Å².